The van der Waals surface area contributed by atoms with Crippen molar-refractivity contribution in [2.45, 2.75) is 13.8 Å². The van der Waals surface area contributed by atoms with Crippen molar-refractivity contribution in [3.8, 4) is 0 Å². The van der Waals surface area contributed by atoms with Crippen molar-refractivity contribution in [3.05, 3.63) is 11.6 Å². The number of methoxy groups -OCH3 is 1. The Balaban J connectivity index is 2.08. The number of carbonyl (C=O) groups excluding carboxylic acids is 2. The summed E-state index contributed by atoms with van der Waals surface area (Å²) in [5.41, 5.74) is 0. The van der Waals surface area contributed by atoms with Crippen LogP contribution in [0.15, 0.2) is 0 Å². The van der Waals surface area contributed by atoms with E-state index in [1.54, 1.807) is 11.8 Å². The van der Waals surface area contributed by atoms with Crippen LogP contribution in [0, 0.1) is 18.8 Å². The van der Waals surface area contributed by atoms with Crippen LogP contribution in [-0.2, 0) is 9.53 Å². The average Bonchev–Trinajstić information content (AvgIpc) is 2.94. The van der Waals surface area contributed by atoms with Crippen molar-refractivity contribution in [2.24, 2.45) is 11.8 Å². The second kappa shape index (κ2) is 4.75. The lowest BCUT2D eigenvalue weighted by Gasteiger charge is -2.13. The molecule has 2 rings (SSSR count). The van der Waals surface area contributed by atoms with Gasteiger partial charge in [0.05, 0.1) is 13.0 Å². The molecule has 2 atom stereocenters. The number of amides is 1. The molecule has 98 valence electrons. The fourth-order valence-corrected chi connectivity index (χ4v) is 2.17. The molecule has 0 aliphatic carbocycles. The first-order chi connectivity index (χ1) is 8.52. The van der Waals surface area contributed by atoms with Crippen molar-refractivity contribution in [1.82, 2.24) is 20.1 Å². The van der Waals surface area contributed by atoms with Gasteiger partial charge in [-0.2, -0.15) is 0 Å². The maximum atomic E-state index is 12.1. The zero-order chi connectivity index (χ0) is 13.3. The number of rotatable bonds is 2. The third-order valence-corrected chi connectivity index (χ3v) is 3.19. The number of ether oxygens (including phenoxy) is 1. The molecule has 1 N–H and O–H groups in total. The van der Waals surface area contributed by atoms with Gasteiger partial charge in [-0.05, 0) is 12.8 Å². The molecule has 0 saturated carbocycles. The van der Waals surface area contributed by atoms with Gasteiger partial charge in [0.15, 0.2) is 0 Å². The molecule has 0 aromatic carbocycles. The molecule has 0 bridgehead atoms. The summed E-state index contributed by atoms with van der Waals surface area (Å²) in [5, 5.41) is 6.46. The number of hydrogen-bond donors (Lipinski definition) is 1. The summed E-state index contributed by atoms with van der Waals surface area (Å²) >= 11 is 0. The van der Waals surface area contributed by atoms with Gasteiger partial charge in [0.2, 0.25) is 5.82 Å². The van der Waals surface area contributed by atoms with E-state index in [4.69, 9.17) is 4.74 Å². The number of carbonyl (C=O) groups is 2. The second-order valence-electron chi connectivity index (χ2n) is 4.56. The predicted octanol–water partition coefficient (Wildman–Crippen LogP) is -0.00578. The minimum Gasteiger partial charge on any atom is -0.469 e. The Morgan fingerprint density at radius 2 is 2.17 bits per heavy atom. The lowest BCUT2D eigenvalue weighted by molar-refractivity contribution is -0.146. The second-order valence-corrected chi connectivity index (χ2v) is 4.56. The van der Waals surface area contributed by atoms with Crippen molar-refractivity contribution in [1.29, 1.82) is 0 Å². The van der Waals surface area contributed by atoms with E-state index < -0.39 is 0 Å². The molecule has 1 saturated heterocycles. The number of H-pyrrole nitrogens is 1. The fourth-order valence-electron chi connectivity index (χ4n) is 2.17. The minimum absolute atomic E-state index is 0.0847. The van der Waals surface area contributed by atoms with E-state index in [0.29, 0.717) is 18.9 Å². The Labute approximate surface area is 105 Å². The van der Waals surface area contributed by atoms with Crippen LogP contribution in [0.3, 0.4) is 0 Å². The van der Waals surface area contributed by atoms with E-state index in [-0.39, 0.29) is 29.5 Å². The van der Waals surface area contributed by atoms with Gasteiger partial charge in [-0.3, -0.25) is 14.7 Å². The fraction of sp³-hybridized carbons (Fsp3) is 0.636. The number of nitrogens with zero attached hydrogens (tertiary/aromatic N) is 3. The Bertz CT molecular complexity index is 471. The van der Waals surface area contributed by atoms with Gasteiger partial charge in [0, 0.05) is 13.1 Å². The Hall–Kier alpha value is -1.92. The number of esters is 1. The van der Waals surface area contributed by atoms with E-state index >= 15 is 0 Å². The van der Waals surface area contributed by atoms with E-state index in [2.05, 4.69) is 15.2 Å². The Morgan fingerprint density at radius 1 is 1.44 bits per heavy atom. The van der Waals surface area contributed by atoms with Gasteiger partial charge in [0.1, 0.15) is 5.82 Å². The van der Waals surface area contributed by atoms with Crippen LogP contribution in [0.4, 0.5) is 0 Å². The summed E-state index contributed by atoms with van der Waals surface area (Å²) in [5.74, 6) is 0.0299. The standard InChI is InChI=1S/C11H16N4O3/c1-6-4-15(5-8(6)11(17)18-3)10(16)9-12-7(2)13-14-9/h6,8H,4-5H2,1-3H3,(H,12,13,14). The Kier molecular flexibility index (Phi) is 3.31. The normalized spacial score (nSPS) is 23.2. The van der Waals surface area contributed by atoms with Gasteiger partial charge >= 0.3 is 5.97 Å². The highest BCUT2D eigenvalue weighted by Crippen LogP contribution is 2.24. The van der Waals surface area contributed by atoms with E-state index in [0.717, 1.165) is 0 Å². The summed E-state index contributed by atoms with van der Waals surface area (Å²) in [7, 11) is 1.36. The lowest BCUT2D eigenvalue weighted by Crippen LogP contribution is -2.31. The molecule has 0 radical (unpaired) electrons. The number of nitrogens with one attached hydrogen (secondary N) is 1. The van der Waals surface area contributed by atoms with Crippen LogP contribution in [-0.4, -0.2) is 52.2 Å². The number of aryl methyl sites for hydroxylation is 1. The highest BCUT2D eigenvalue weighted by atomic mass is 16.5. The van der Waals surface area contributed by atoms with Crippen LogP contribution in [0.2, 0.25) is 0 Å². The number of likely N-dealkylation sites (tertiary alicyclic amines) is 1. The molecule has 1 aromatic rings. The first-order valence-corrected chi connectivity index (χ1v) is 5.79. The molecule has 2 unspecified atom stereocenters. The third-order valence-electron chi connectivity index (χ3n) is 3.19. The highest BCUT2D eigenvalue weighted by molar-refractivity contribution is 5.91. The van der Waals surface area contributed by atoms with Crippen molar-refractivity contribution in [2.75, 3.05) is 20.2 Å². The van der Waals surface area contributed by atoms with Crippen LogP contribution >= 0.6 is 0 Å². The topological polar surface area (TPSA) is 88.2 Å². The summed E-state index contributed by atoms with van der Waals surface area (Å²) in [4.78, 5) is 29.2. The largest absolute Gasteiger partial charge is 0.469 e. The zero-order valence-corrected chi connectivity index (χ0v) is 10.6. The third kappa shape index (κ3) is 2.20. The van der Waals surface area contributed by atoms with E-state index in [9.17, 15) is 9.59 Å². The lowest BCUT2D eigenvalue weighted by atomic mass is 9.99. The van der Waals surface area contributed by atoms with E-state index in [1.165, 1.54) is 7.11 Å². The predicted molar refractivity (Wildman–Crippen MR) is 61.7 cm³/mol. The minimum atomic E-state index is -0.274. The summed E-state index contributed by atoms with van der Waals surface area (Å²) < 4.78 is 4.73. The first-order valence-electron chi connectivity index (χ1n) is 5.79. The quantitative estimate of drug-likeness (QED) is 0.748. The van der Waals surface area contributed by atoms with Gasteiger partial charge in [-0.1, -0.05) is 6.92 Å². The molecule has 1 fully saturated rings. The van der Waals surface area contributed by atoms with Gasteiger partial charge in [-0.15, -0.1) is 5.10 Å². The van der Waals surface area contributed by atoms with Crippen LogP contribution in [0.1, 0.15) is 23.4 Å². The average molecular weight is 252 g/mol. The molecule has 18 heavy (non-hydrogen) atoms. The van der Waals surface area contributed by atoms with E-state index in [1.807, 2.05) is 6.92 Å². The summed E-state index contributed by atoms with van der Waals surface area (Å²) in [6.07, 6.45) is 0. The molecule has 1 aromatic heterocycles. The van der Waals surface area contributed by atoms with Crippen molar-refractivity contribution in [3.63, 3.8) is 0 Å². The monoisotopic (exact) mass is 252 g/mol. The molecule has 2 heterocycles. The summed E-state index contributed by atoms with van der Waals surface area (Å²) in [6, 6.07) is 0. The molecule has 7 nitrogen and oxygen atoms in total. The van der Waals surface area contributed by atoms with Gasteiger partial charge in [-0.25, -0.2) is 4.98 Å². The zero-order valence-electron chi connectivity index (χ0n) is 10.6. The first kappa shape index (κ1) is 12.5. The molecule has 0 spiro atoms. The SMILES string of the molecule is COC(=O)C1CN(C(=O)c2n[nH]c(C)n2)CC1C. The number of aromatic amines is 1. The van der Waals surface area contributed by atoms with Crippen molar-refractivity contribution < 1.29 is 14.3 Å². The highest BCUT2D eigenvalue weighted by Gasteiger charge is 2.38. The molecular weight excluding hydrogens is 236 g/mol. The maximum Gasteiger partial charge on any atom is 0.310 e. The van der Waals surface area contributed by atoms with Gasteiger partial charge < -0.3 is 9.64 Å². The number of aromatic nitrogens is 3. The van der Waals surface area contributed by atoms with Gasteiger partial charge in [0.25, 0.3) is 5.91 Å². The Morgan fingerprint density at radius 3 is 2.72 bits per heavy atom. The van der Waals surface area contributed by atoms with Crippen LogP contribution in [0.25, 0.3) is 0 Å². The molecule has 1 aliphatic heterocycles. The molecular formula is C11H16N4O3. The van der Waals surface area contributed by atoms with Crippen molar-refractivity contribution >= 4 is 11.9 Å². The van der Waals surface area contributed by atoms with Crippen LogP contribution < -0.4 is 0 Å². The smallest absolute Gasteiger partial charge is 0.310 e. The molecule has 1 aliphatic rings. The molecule has 1 amide bonds. The molecule has 7 heteroatoms. The maximum absolute atomic E-state index is 12.1. The summed E-state index contributed by atoms with van der Waals surface area (Å²) in [6.45, 7) is 4.54. The number of hydrogen-bond acceptors (Lipinski definition) is 5. The van der Waals surface area contributed by atoms with Crippen LogP contribution in [0.5, 0.6) is 0 Å².